The smallest absolute Gasteiger partial charge is 0.215 e. The Bertz CT molecular complexity index is 1140. The number of aliphatic hydroxyl groups excluding tert-OH is 3. The Kier molecular flexibility index (Phi) is 16.7. The predicted molar refractivity (Wildman–Crippen MR) is 166 cm³/mol. The SMILES string of the molecule is CO[C@H]1OC(C)[C@@H](NC=O)C(O)C1O[C@H]1OC(C)[C@@H](NC=O)C(OC[C@H]2OC(C)[C@@H](NC=O)C(O)C2O[C@H](C=O)OC(C)[C@H](C=O)NC=O)C1O. The van der Waals surface area contributed by atoms with Gasteiger partial charge in [0.05, 0.1) is 49.1 Å². The van der Waals surface area contributed by atoms with Crippen molar-refractivity contribution in [2.45, 2.75) is 138 Å². The van der Waals surface area contributed by atoms with Gasteiger partial charge in [-0.15, -0.1) is 0 Å². The van der Waals surface area contributed by atoms with Crippen molar-refractivity contribution in [2.75, 3.05) is 13.7 Å². The lowest BCUT2D eigenvalue weighted by molar-refractivity contribution is -0.346. The van der Waals surface area contributed by atoms with Gasteiger partial charge in [0.1, 0.15) is 55.1 Å². The number of rotatable bonds is 21. The van der Waals surface area contributed by atoms with E-state index in [1.54, 1.807) is 20.8 Å². The van der Waals surface area contributed by atoms with Crippen LogP contribution in [-0.2, 0) is 66.7 Å². The first-order valence-electron chi connectivity index (χ1n) is 16.2. The molecule has 3 aliphatic heterocycles. The Balaban J connectivity index is 1.85. The Morgan fingerprint density at radius 1 is 0.686 bits per heavy atom. The van der Waals surface area contributed by atoms with Gasteiger partial charge in [0.2, 0.25) is 31.9 Å². The van der Waals surface area contributed by atoms with E-state index in [-0.39, 0.29) is 12.7 Å². The van der Waals surface area contributed by atoms with Crippen LogP contribution in [0.25, 0.3) is 0 Å². The molecular formula is C30H48N4O17. The van der Waals surface area contributed by atoms with Crippen molar-refractivity contribution >= 4 is 38.2 Å². The van der Waals surface area contributed by atoms with Crippen molar-refractivity contribution in [3.05, 3.63) is 0 Å². The van der Waals surface area contributed by atoms with Crippen molar-refractivity contribution in [1.29, 1.82) is 0 Å². The van der Waals surface area contributed by atoms with Gasteiger partial charge in [0.15, 0.2) is 18.9 Å². The zero-order valence-electron chi connectivity index (χ0n) is 28.6. The number of hydrogen-bond acceptors (Lipinski definition) is 17. The molecule has 7 N–H and O–H groups in total. The normalized spacial score (nSPS) is 40.0. The highest BCUT2D eigenvalue weighted by Crippen LogP contribution is 2.32. The maximum Gasteiger partial charge on any atom is 0.215 e. The molecule has 3 rings (SSSR count). The summed E-state index contributed by atoms with van der Waals surface area (Å²) in [4.78, 5) is 68.3. The molecule has 3 saturated heterocycles. The molecule has 0 aromatic carbocycles. The van der Waals surface area contributed by atoms with Gasteiger partial charge in [-0.2, -0.15) is 0 Å². The molecule has 3 heterocycles. The van der Waals surface area contributed by atoms with Gasteiger partial charge in [0.25, 0.3) is 0 Å². The van der Waals surface area contributed by atoms with Gasteiger partial charge in [-0.1, -0.05) is 0 Å². The molecule has 0 radical (unpaired) electrons. The highest BCUT2D eigenvalue weighted by atomic mass is 16.7. The van der Waals surface area contributed by atoms with E-state index in [2.05, 4.69) is 21.3 Å². The lowest BCUT2D eigenvalue weighted by Crippen LogP contribution is -2.67. The average molecular weight is 737 g/mol. The van der Waals surface area contributed by atoms with E-state index in [4.69, 9.17) is 37.9 Å². The largest absolute Gasteiger partial charge is 0.388 e. The molecule has 290 valence electrons. The summed E-state index contributed by atoms with van der Waals surface area (Å²) in [5.41, 5.74) is 0. The van der Waals surface area contributed by atoms with Crippen LogP contribution >= 0.6 is 0 Å². The first kappa shape index (κ1) is 42.2. The quantitative estimate of drug-likeness (QED) is 0.0428. The minimum absolute atomic E-state index is 0.243. The van der Waals surface area contributed by atoms with Crippen LogP contribution in [0.2, 0.25) is 0 Å². The van der Waals surface area contributed by atoms with E-state index in [0.717, 1.165) is 0 Å². The topological polar surface area (TPSA) is 285 Å². The van der Waals surface area contributed by atoms with Crippen LogP contribution in [0.15, 0.2) is 0 Å². The molecule has 0 bridgehead atoms. The predicted octanol–water partition coefficient (Wildman–Crippen LogP) is -5.26. The molecule has 4 amide bonds. The second-order valence-corrected chi connectivity index (χ2v) is 12.2. The average Bonchev–Trinajstić information content (AvgIpc) is 3.10. The van der Waals surface area contributed by atoms with Crippen LogP contribution in [0.3, 0.4) is 0 Å². The van der Waals surface area contributed by atoms with Crippen LogP contribution in [0.4, 0.5) is 0 Å². The number of aliphatic hydroxyl groups is 3. The molecule has 0 aliphatic carbocycles. The Labute approximate surface area is 293 Å². The summed E-state index contributed by atoms with van der Waals surface area (Å²) in [5, 5.41) is 43.5. The van der Waals surface area contributed by atoms with E-state index >= 15 is 0 Å². The molecule has 51 heavy (non-hydrogen) atoms. The van der Waals surface area contributed by atoms with Crippen LogP contribution in [0.1, 0.15) is 27.7 Å². The van der Waals surface area contributed by atoms with Crippen molar-refractivity contribution in [2.24, 2.45) is 0 Å². The van der Waals surface area contributed by atoms with Crippen LogP contribution < -0.4 is 21.3 Å². The zero-order chi connectivity index (χ0) is 37.8. The Hall–Kier alpha value is -3.22. The fourth-order valence-corrected chi connectivity index (χ4v) is 6.33. The number of methoxy groups -OCH3 is 1. The Morgan fingerprint density at radius 3 is 1.78 bits per heavy atom. The van der Waals surface area contributed by atoms with Gasteiger partial charge in [-0.3, -0.25) is 24.0 Å². The minimum Gasteiger partial charge on any atom is -0.388 e. The number of carbonyl (C=O) groups is 6. The number of nitrogens with one attached hydrogen (secondary N) is 4. The highest BCUT2D eigenvalue weighted by Gasteiger charge is 2.52. The molecule has 0 aromatic rings. The molecule has 10 unspecified atom stereocenters. The third-order valence-electron chi connectivity index (χ3n) is 9.04. The van der Waals surface area contributed by atoms with Gasteiger partial charge in [-0.05, 0) is 27.7 Å². The van der Waals surface area contributed by atoms with Crippen molar-refractivity contribution < 1.29 is 82.0 Å². The molecule has 3 aliphatic rings. The maximum atomic E-state index is 12.0. The lowest BCUT2D eigenvalue weighted by atomic mass is 9.93. The third kappa shape index (κ3) is 10.2. The second kappa shape index (κ2) is 20.1. The van der Waals surface area contributed by atoms with E-state index in [1.165, 1.54) is 14.0 Å². The summed E-state index contributed by atoms with van der Waals surface area (Å²) in [7, 11) is 1.31. The van der Waals surface area contributed by atoms with E-state index in [1.807, 2.05) is 0 Å². The minimum atomic E-state index is -1.71. The summed E-state index contributed by atoms with van der Waals surface area (Å²) in [6, 6.07) is -4.07. The summed E-state index contributed by atoms with van der Waals surface area (Å²) < 4.78 is 46.4. The molecule has 18 atom stereocenters. The number of ether oxygens (including phenoxy) is 8. The Morgan fingerprint density at radius 2 is 1.24 bits per heavy atom. The summed E-state index contributed by atoms with van der Waals surface area (Å²) in [6.45, 7) is 5.65. The number of carbonyl (C=O) groups excluding carboxylic acids is 6. The summed E-state index contributed by atoms with van der Waals surface area (Å²) >= 11 is 0. The van der Waals surface area contributed by atoms with Gasteiger partial charge in [-0.25, -0.2) is 0 Å². The first-order valence-corrected chi connectivity index (χ1v) is 16.2. The highest BCUT2D eigenvalue weighted by molar-refractivity contribution is 5.64. The first-order chi connectivity index (χ1) is 24.4. The van der Waals surface area contributed by atoms with Crippen LogP contribution in [0.5, 0.6) is 0 Å². The van der Waals surface area contributed by atoms with E-state index < -0.39 is 117 Å². The maximum absolute atomic E-state index is 12.0. The fourth-order valence-electron chi connectivity index (χ4n) is 6.33. The van der Waals surface area contributed by atoms with Crippen molar-refractivity contribution in [3.8, 4) is 0 Å². The van der Waals surface area contributed by atoms with Gasteiger partial charge < -0.3 is 79.3 Å². The summed E-state index contributed by atoms with van der Waals surface area (Å²) in [6.07, 6.45) is -15.6. The number of hydrogen-bond donors (Lipinski definition) is 7. The van der Waals surface area contributed by atoms with Gasteiger partial charge >= 0.3 is 0 Å². The zero-order valence-corrected chi connectivity index (χ0v) is 28.6. The van der Waals surface area contributed by atoms with E-state index in [9.17, 15) is 44.1 Å². The lowest BCUT2D eigenvalue weighted by Gasteiger charge is -2.48. The number of amides is 4. The summed E-state index contributed by atoms with van der Waals surface area (Å²) in [5.74, 6) is 0. The number of aldehydes is 2. The van der Waals surface area contributed by atoms with Crippen molar-refractivity contribution in [3.63, 3.8) is 0 Å². The molecule has 0 aromatic heterocycles. The van der Waals surface area contributed by atoms with Crippen molar-refractivity contribution in [1.82, 2.24) is 21.3 Å². The molecule has 0 spiro atoms. The molecular weight excluding hydrogens is 688 g/mol. The van der Waals surface area contributed by atoms with E-state index in [0.29, 0.717) is 25.5 Å². The molecule has 21 heteroatoms. The van der Waals surface area contributed by atoms with Crippen LogP contribution in [-0.4, -0.2) is 177 Å². The standard InChI is InChI=1S/C30H48N4O17/c1-13(17(6-35)31-9-37)47-19(7-36)50-26-18(46-14(2)20(23(26)41)32-10-38)8-45-27-22(34-12-40)16(4)48-29(25(27)43)51-28-24(42)21(33-11-39)15(3)49-30(28)44-5/h6-7,9-30,41-43H,8H2,1-5H3,(H,31,37)(H,32,38)(H,33,39)(H,34,40)/t13?,14?,15?,16?,17-,18+,19+,20+,21+,22+,23?,24?,25?,26?,27?,28?,29+,30-/m0/s1. The third-order valence-corrected chi connectivity index (χ3v) is 9.04. The monoisotopic (exact) mass is 736 g/mol. The molecule has 3 fully saturated rings. The fraction of sp³-hybridized carbons (Fsp3) is 0.800. The molecule has 0 saturated carbocycles. The van der Waals surface area contributed by atoms with Gasteiger partial charge in [0, 0.05) is 7.11 Å². The van der Waals surface area contributed by atoms with Crippen LogP contribution in [0, 0.1) is 0 Å². The molecule has 21 nitrogen and oxygen atoms in total. The second-order valence-electron chi connectivity index (χ2n) is 12.2.